The normalized spacial score (nSPS) is 12.8. The Morgan fingerprint density at radius 2 is 1.52 bits per heavy atom. The van der Waals surface area contributed by atoms with Gasteiger partial charge in [0, 0.05) is 59.9 Å². The molecular weight excluding hydrogens is 584 g/mol. The monoisotopic (exact) mass is 609 g/mol. The number of halogens is 7. The zero-order valence-corrected chi connectivity index (χ0v) is 23.2. The van der Waals surface area contributed by atoms with Gasteiger partial charge in [0.2, 0.25) is 5.91 Å². The second-order valence-electron chi connectivity index (χ2n) is 9.98. The maximum absolute atomic E-state index is 13.4. The van der Waals surface area contributed by atoms with Crippen molar-refractivity contribution < 1.29 is 35.9 Å². The van der Waals surface area contributed by atoms with Gasteiger partial charge < -0.3 is 14.8 Å². The molecule has 1 N–H and O–H groups in total. The van der Waals surface area contributed by atoms with Crippen molar-refractivity contribution in [3.63, 3.8) is 0 Å². The minimum absolute atomic E-state index is 0.0287. The fourth-order valence-corrected chi connectivity index (χ4v) is 4.78. The molecule has 0 fully saturated rings. The van der Waals surface area contributed by atoms with E-state index in [1.165, 1.54) is 7.05 Å². The predicted octanol–water partition coefficient (Wildman–Crippen LogP) is 7.97. The number of hydrogen-bond acceptors (Lipinski definition) is 2. The number of rotatable bonds is 8. The molecule has 4 aromatic rings. The number of amides is 2. The number of carbonyl (C=O) groups excluding carboxylic acids is 2. The number of fused-ring (bicyclic) bond motifs is 1. The second kappa shape index (κ2) is 12.1. The summed E-state index contributed by atoms with van der Waals surface area (Å²) < 4.78 is 82.4. The number of nitrogens with one attached hydrogen (secondary N) is 1. The van der Waals surface area contributed by atoms with E-state index in [0.29, 0.717) is 28.4 Å². The van der Waals surface area contributed by atoms with E-state index in [2.05, 4.69) is 5.32 Å². The first-order valence-corrected chi connectivity index (χ1v) is 13.2. The lowest BCUT2D eigenvalue weighted by molar-refractivity contribution is -0.143. The Labute approximate surface area is 242 Å². The van der Waals surface area contributed by atoms with E-state index in [4.69, 9.17) is 11.6 Å². The molecule has 1 atom stereocenters. The van der Waals surface area contributed by atoms with Gasteiger partial charge in [-0.3, -0.25) is 9.59 Å². The molecule has 0 aliphatic heterocycles. The fraction of sp³-hybridized carbons (Fsp3) is 0.267. The highest BCUT2D eigenvalue weighted by Gasteiger charge is 2.38. The number of alkyl halides is 6. The van der Waals surface area contributed by atoms with E-state index >= 15 is 0 Å². The van der Waals surface area contributed by atoms with Crippen molar-refractivity contribution in [1.29, 1.82) is 0 Å². The molecule has 5 nitrogen and oxygen atoms in total. The number of anilines is 1. The van der Waals surface area contributed by atoms with Gasteiger partial charge in [-0.15, -0.1) is 0 Å². The lowest BCUT2D eigenvalue weighted by Crippen LogP contribution is -2.39. The zero-order valence-electron chi connectivity index (χ0n) is 22.5. The molecule has 0 saturated carbocycles. The van der Waals surface area contributed by atoms with Crippen molar-refractivity contribution in [3.8, 4) is 0 Å². The van der Waals surface area contributed by atoms with Crippen LogP contribution in [0.5, 0.6) is 0 Å². The van der Waals surface area contributed by atoms with Crippen LogP contribution in [0.4, 0.5) is 32.0 Å². The van der Waals surface area contributed by atoms with Gasteiger partial charge in [0.1, 0.15) is 0 Å². The Morgan fingerprint density at radius 1 is 0.905 bits per heavy atom. The van der Waals surface area contributed by atoms with Crippen molar-refractivity contribution in [1.82, 2.24) is 9.47 Å². The Balaban J connectivity index is 1.57. The molecule has 0 radical (unpaired) electrons. The van der Waals surface area contributed by atoms with Crippen LogP contribution in [0.3, 0.4) is 0 Å². The van der Waals surface area contributed by atoms with E-state index in [1.54, 1.807) is 36.4 Å². The number of aromatic nitrogens is 1. The van der Waals surface area contributed by atoms with E-state index in [0.717, 1.165) is 15.8 Å². The summed E-state index contributed by atoms with van der Waals surface area (Å²) in [6, 6.07) is 13.9. The van der Waals surface area contributed by atoms with Crippen molar-refractivity contribution in [2.75, 3.05) is 12.4 Å². The SMILES string of the molecule is CN(C(=O)c1cc(C(F)(F)F)cc(C(F)(F)F)c1)C(CCC(=O)Nc1ccc2c(ccn2C)c1)Cc1ccc(Cl)cc1. The maximum atomic E-state index is 13.4. The van der Waals surface area contributed by atoms with Gasteiger partial charge in [0.15, 0.2) is 0 Å². The molecule has 0 aliphatic carbocycles. The van der Waals surface area contributed by atoms with Gasteiger partial charge >= 0.3 is 12.4 Å². The molecule has 2 amide bonds. The standard InChI is InChI=1S/C30H26ClF6N3O2/c1-39-12-11-19-16-24(7-9-26(19)39)38-27(41)10-8-25(13-18-3-5-23(31)6-4-18)40(2)28(42)20-14-21(29(32,33)34)17-22(15-20)30(35,36)37/h3-7,9,11-12,14-17,25H,8,10,13H2,1-2H3,(H,38,41). The van der Waals surface area contributed by atoms with Crippen LogP contribution in [-0.4, -0.2) is 34.4 Å². The molecule has 1 heterocycles. The van der Waals surface area contributed by atoms with Crippen molar-refractivity contribution >= 4 is 40.0 Å². The first-order chi connectivity index (χ1) is 19.6. The highest BCUT2D eigenvalue weighted by Crippen LogP contribution is 2.36. The summed E-state index contributed by atoms with van der Waals surface area (Å²) in [7, 11) is 3.18. The lowest BCUT2D eigenvalue weighted by Gasteiger charge is -2.29. The molecule has 3 aromatic carbocycles. The minimum Gasteiger partial charge on any atom is -0.351 e. The number of hydrogen-bond donors (Lipinski definition) is 1. The fourth-order valence-electron chi connectivity index (χ4n) is 4.65. The van der Waals surface area contributed by atoms with Crippen molar-refractivity contribution in [2.24, 2.45) is 7.05 Å². The Hall–Kier alpha value is -3.99. The Morgan fingerprint density at radius 3 is 2.12 bits per heavy atom. The van der Waals surface area contributed by atoms with Crippen LogP contribution < -0.4 is 5.32 Å². The molecule has 0 aliphatic rings. The molecule has 42 heavy (non-hydrogen) atoms. The van der Waals surface area contributed by atoms with Gasteiger partial charge in [0.25, 0.3) is 5.91 Å². The number of likely N-dealkylation sites (N-methyl/N-ethyl adjacent to an activating group) is 1. The average molecular weight is 610 g/mol. The molecule has 0 bridgehead atoms. The first kappa shape index (κ1) is 31.0. The maximum Gasteiger partial charge on any atom is 0.416 e. The lowest BCUT2D eigenvalue weighted by atomic mass is 9.98. The van der Waals surface area contributed by atoms with Gasteiger partial charge in [-0.25, -0.2) is 0 Å². The van der Waals surface area contributed by atoms with Crippen LogP contribution in [0.15, 0.2) is 72.9 Å². The predicted molar refractivity (Wildman–Crippen MR) is 148 cm³/mol. The summed E-state index contributed by atoms with van der Waals surface area (Å²) in [5.74, 6) is -1.41. The van der Waals surface area contributed by atoms with Crippen LogP contribution in [-0.2, 0) is 30.6 Å². The highest BCUT2D eigenvalue weighted by molar-refractivity contribution is 6.30. The third-order valence-electron chi connectivity index (χ3n) is 6.96. The molecule has 222 valence electrons. The summed E-state index contributed by atoms with van der Waals surface area (Å²) in [4.78, 5) is 27.2. The van der Waals surface area contributed by atoms with E-state index in [-0.39, 0.29) is 31.2 Å². The summed E-state index contributed by atoms with van der Waals surface area (Å²) in [5, 5.41) is 4.17. The van der Waals surface area contributed by atoms with Crippen LogP contribution in [0.25, 0.3) is 10.9 Å². The average Bonchev–Trinajstić information content (AvgIpc) is 3.29. The molecular formula is C30H26ClF6N3O2. The molecule has 0 saturated heterocycles. The minimum atomic E-state index is -5.10. The van der Waals surface area contributed by atoms with E-state index < -0.39 is 41.0 Å². The summed E-state index contributed by atoms with van der Waals surface area (Å²) in [5.41, 5.74) is -1.70. The van der Waals surface area contributed by atoms with Crippen LogP contribution in [0.1, 0.15) is 39.9 Å². The third kappa shape index (κ3) is 7.44. The topological polar surface area (TPSA) is 54.3 Å². The third-order valence-corrected chi connectivity index (χ3v) is 7.21. The molecule has 0 spiro atoms. The van der Waals surface area contributed by atoms with Gasteiger partial charge in [0.05, 0.1) is 11.1 Å². The largest absolute Gasteiger partial charge is 0.416 e. The number of nitrogens with zero attached hydrogens (tertiary/aromatic N) is 2. The smallest absolute Gasteiger partial charge is 0.351 e. The number of benzene rings is 3. The summed E-state index contributed by atoms with van der Waals surface area (Å²) in [6.07, 6.45) is -8.13. The van der Waals surface area contributed by atoms with Gasteiger partial charge in [-0.1, -0.05) is 23.7 Å². The molecule has 4 rings (SSSR count). The van der Waals surface area contributed by atoms with E-state index in [1.807, 2.05) is 29.9 Å². The van der Waals surface area contributed by atoms with Crippen molar-refractivity contribution in [2.45, 2.75) is 37.7 Å². The van der Waals surface area contributed by atoms with Gasteiger partial charge in [-0.05, 0) is 73.0 Å². The van der Waals surface area contributed by atoms with Crippen LogP contribution in [0.2, 0.25) is 5.02 Å². The summed E-state index contributed by atoms with van der Waals surface area (Å²) >= 11 is 5.96. The number of carbonyl (C=O) groups is 2. The molecule has 12 heteroatoms. The molecule has 1 aromatic heterocycles. The first-order valence-electron chi connectivity index (χ1n) is 12.8. The second-order valence-corrected chi connectivity index (χ2v) is 10.4. The summed E-state index contributed by atoms with van der Waals surface area (Å²) in [6.45, 7) is 0. The van der Waals surface area contributed by atoms with Gasteiger partial charge in [-0.2, -0.15) is 26.3 Å². The number of aryl methyl sites for hydroxylation is 1. The van der Waals surface area contributed by atoms with E-state index in [9.17, 15) is 35.9 Å². The zero-order chi connectivity index (χ0) is 30.8. The molecule has 1 unspecified atom stereocenters. The van der Waals surface area contributed by atoms with Crippen molar-refractivity contribution in [3.05, 3.63) is 100 Å². The Bertz CT molecular complexity index is 1560. The highest BCUT2D eigenvalue weighted by atomic mass is 35.5. The quantitative estimate of drug-likeness (QED) is 0.206. The van der Waals surface area contributed by atoms with Crippen LogP contribution >= 0.6 is 11.6 Å². The Kier molecular flexibility index (Phi) is 8.91. The van der Waals surface area contributed by atoms with Crippen LogP contribution in [0, 0.1) is 0 Å².